The van der Waals surface area contributed by atoms with Gasteiger partial charge < -0.3 is 19.9 Å². The van der Waals surface area contributed by atoms with Crippen LogP contribution >= 0.6 is 0 Å². The van der Waals surface area contributed by atoms with Crippen LogP contribution in [0, 0.1) is 5.92 Å². The number of carboxylic acid groups (broad SMARTS) is 1. The summed E-state index contributed by atoms with van der Waals surface area (Å²) >= 11 is 0. The molecule has 0 aromatic rings. The van der Waals surface area contributed by atoms with Gasteiger partial charge in [-0.05, 0) is 25.7 Å². The monoisotopic (exact) mass is 287 g/mol. The van der Waals surface area contributed by atoms with Crippen molar-refractivity contribution in [2.24, 2.45) is 5.92 Å². The van der Waals surface area contributed by atoms with Crippen molar-refractivity contribution in [1.82, 2.24) is 5.32 Å². The van der Waals surface area contributed by atoms with Crippen LogP contribution in [-0.4, -0.2) is 48.3 Å². The van der Waals surface area contributed by atoms with Gasteiger partial charge in [-0.15, -0.1) is 0 Å². The summed E-state index contributed by atoms with van der Waals surface area (Å²) < 4.78 is 9.98. The predicted molar refractivity (Wildman–Crippen MR) is 69.0 cm³/mol. The molecule has 0 aromatic carbocycles. The molecule has 7 nitrogen and oxygen atoms in total. The summed E-state index contributed by atoms with van der Waals surface area (Å²) in [5.74, 6) is -2.65. The molecule has 0 aliphatic carbocycles. The van der Waals surface area contributed by atoms with E-state index in [2.05, 4.69) is 5.32 Å². The van der Waals surface area contributed by atoms with Gasteiger partial charge in [0.15, 0.2) is 0 Å². The van der Waals surface area contributed by atoms with Gasteiger partial charge in [0, 0.05) is 6.61 Å². The van der Waals surface area contributed by atoms with Crippen LogP contribution in [0.4, 0.5) is 0 Å². The second kappa shape index (κ2) is 7.84. The molecule has 1 aliphatic rings. The maximum atomic E-state index is 11.9. The zero-order valence-corrected chi connectivity index (χ0v) is 11.8. The molecule has 1 saturated heterocycles. The highest BCUT2D eigenvalue weighted by atomic mass is 16.5. The van der Waals surface area contributed by atoms with Gasteiger partial charge >= 0.3 is 11.9 Å². The Bertz CT molecular complexity index is 364. The molecule has 1 heterocycles. The van der Waals surface area contributed by atoms with E-state index < -0.39 is 35.9 Å². The molecule has 0 aromatic heterocycles. The minimum absolute atomic E-state index is 0.0589. The molecule has 3 atom stereocenters. The topological polar surface area (TPSA) is 102 Å². The molecule has 114 valence electrons. The van der Waals surface area contributed by atoms with Crippen molar-refractivity contribution in [2.75, 3.05) is 13.2 Å². The van der Waals surface area contributed by atoms with E-state index in [1.165, 1.54) is 0 Å². The minimum Gasteiger partial charge on any atom is -0.480 e. The molecule has 1 rings (SSSR count). The number of esters is 1. The summed E-state index contributed by atoms with van der Waals surface area (Å²) in [7, 11) is 0. The van der Waals surface area contributed by atoms with E-state index in [1.54, 1.807) is 13.8 Å². The first-order valence-corrected chi connectivity index (χ1v) is 6.76. The van der Waals surface area contributed by atoms with Crippen LogP contribution in [0.2, 0.25) is 0 Å². The molecule has 0 unspecified atom stereocenters. The van der Waals surface area contributed by atoms with Crippen LogP contribution in [0.5, 0.6) is 0 Å². The number of amides is 1. The van der Waals surface area contributed by atoms with Crippen LogP contribution in [0.25, 0.3) is 0 Å². The molecular formula is C13H21NO6. The van der Waals surface area contributed by atoms with Crippen molar-refractivity contribution in [2.45, 2.75) is 45.3 Å². The van der Waals surface area contributed by atoms with Gasteiger partial charge in [0.25, 0.3) is 0 Å². The summed E-state index contributed by atoms with van der Waals surface area (Å²) in [6.45, 7) is 4.02. The lowest BCUT2D eigenvalue weighted by atomic mass is 9.98. The Labute approximate surface area is 117 Å². The van der Waals surface area contributed by atoms with Gasteiger partial charge in [-0.3, -0.25) is 9.59 Å². The minimum atomic E-state index is -1.17. The van der Waals surface area contributed by atoms with E-state index in [9.17, 15) is 19.5 Å². The largest absolute Gasteiger partial charge is 0.480 e. The van der Waals surface area contributed by atoms with Crippen molar-refractivity contribution in [3.05, 3.63) is 0 Å². The molecule has 1 amide bonds. The van der Waals surface area contributed by atoms with E-state index in [1.807, 2.05) is 0 Å². The van der Waals surface area contributed by atoms with E-state index in [0.717, 1.165) is 6.42 Å². The Morgan fingerprint density at radius 1 is 1.45 bits per heavy atom. The lowest BCUT2D eigenvalue weighted by Crippen LogP contribution is -2.49. The van der Waals surface area contributed by atoms with E-state index in [0.29, 0.717) is 13.0 Å². The SMILES string of the molecule is CCOC(=O)C[C@H](C)[C@H](NC(=O)[C@@H]1CCCO1)C(=O)O. The van der Waals surface area contributed by atoms with E-state index >= 15 is 0 Å². The van der Waals surface area contributed by atoms with Gasteiger partial charge in [0.1, 0.15) is 12.1 Å². The first-order valence-electron chi connectivity index (χ1n) is 6.76. The van der Waals surface area contributed by atoms with Crippen molar-refractivity contribution >= 4 is 17.8 Å². The normalized spacial score (nSPS) is 21.0. The first kappa shape index (κ1) is 16.4. The van der Waals surface area contributed by atoms with Gasteiger partial charge in [-0.25, -0.2) is 4.79 Å². The molecule has 20 heavy (non-hydrogen) atoms. The quantitative estimate of drug-likeness (QED) is 0.654. The van der Waals surface area contributed by atoms with Crippen molar-refractivity contribution in [3.8, 4) is 0 Å². The molecule has 1 fully saturated rings. The average Bonchev–Trinajstić information content (AvgIpc) is 2.89. The number of hydrogen-bond acceptors (Lipinski definition) is 5. The standard InChI is InChI=1S/C13H21NO6/c1-3-19-10(15)7-8(2)11(13(17)18)14-12(16)9-5-4-6-20-9/h8-9,11H,3-7H2,1-2H3,(H,14,16)(H,17,18)/t8-,9-,11-/m0/s1. The van der Waals surface area contributed by atoms with Crippen molar-refractivity contribution < 1.29 is 29.0 Å². The lowest BCUT2D eigenvalue weighted by molar-refractivity contribution is -0.148. The van der Waals surface area contributed by atoms with Crippen LogP contribution in [-0.2, 0) is 23.9 Å². The molecule has 0 spiro atoms. The Morgan fingerprint density at radius 3 is 2.65 bits per heavy atom. The third-order valence-corrected chi connectivity index (χ3v) is 3.15. The number of carbonyl (C=O) groups is 3. The summed E-state index contributed by atoms with van der Waals surface area (Å²) in [4.78, 5) is 34.5. The fraction of sp³-hybridized carbons (Fsp3) is 0.769. The third-order valence-electron chi connectivity index (χ3n) is 3.15. The maximum Gasteiger partial charge on any atom is 0.326 e. The van der Waals surface area contributed by atoms with E-state index in [-0.39, 0.29) is 13.0 Å². The molecule has 0 radical (unpaired) electrons. The van der Waals surface area contributed by atoms with Crippen LogP contribution in [0.15, 0.2) is 0 Å². The molecule has 1 aliphatic heterocycles. The van der Waals surface area contributed by atoms with Crippen molar-refractivity contribution in [3.63, 3.8) is 0 Å². The summed E-state index contributed by atoms with van der Waals surface area (Å²) in [5, 5.41) is 11.6. The summed E-state index contributed by atoms with van der Waals surface area (Å²) in [6, 6.07) is -1.13. The second-order valence-electron chi connectivity index (χ2n) is 4.81. The number of carboxylic acids is 1. The van der Waals surface area contributed by atoms with Gasteiger partial charge in [-0.1, -0.05) is 6.92 Å². The maximum absolute atomic E-state index is 11.9. The number of nitrogens with one attached hydrogen (secondary N) is 1. The van der Waals surface area contributed by atoms with E-state index in [4.69, 9.17) is 9.47 Å². The number of ether oxygens (including phenoxy) is 2. The zero-order valence-electron chi connectivity index (χ0n) is 11.8. The smallest absolute Gasteiger partial charge is 0.326 e. The average molecular weight is 287 g/mol. The summed E-state index contributed by atoms with van der Waals surface area (Å²) in [6.07, 6.45) is 0.724. The van der Waals surface area contributed by atoms with Gasteiger partial charge in [0.05, 0.1) is 13.0 Å². The van der Waals surface area contributed by atoms with Gasteiger partial charge in [0.2, 0.25) is 5.91 Å². The third kappa shape index (κ3) is 4.80. The highest BCUT2D eigenvalue weighted by molar-refractivity contribution is 5.87. The second-order valence-corrected chi connectivity index (χ2v) is 4.81. The highest BCUT2D eigenvalue weighted by Crippen LogP contribution is 2.15. The molecular weight excluding hydrogens is 266 g/mol. The Balaban J connectivity index is 2.56. The Hall–Kier alpha value is -1.63. The van der Waals surface area contributed by atoms with Crippen LogP contribution < -0.4 is 5.32 Å². The number of rotatable bonds is 7. The predicted octanol–water partition coefficient (Wildman–Crippen LogP) is 0.324. The van der Waals surface area contributed by atoms with Crippen LogP contribution in [0.3, 0.4) is 0 Å². The summed E-state index contributed by atoms with van der Waals surface area (Å²) in [5.41, 5.74) is 0. The van der Waals surface area contributed by atoms with Crippen molar-refractivity contribution in [1.29, 1.82) is 0 Å². The van der Waals surface area contributed by atoms with Gasteiger partial charge in [-0.2, -0.15) is 0 Å². The van der Waals surface area contributed by atoms with Crippen LogP contribution in [0.1, 0.15) is 33.1 Å². The Kier molecular flexibility index (Phi) is 6.44. The fourth-order valence-corrected chi connectivity index (χ4v) is 2.08. The highest BCUT2D eigenvalue weighted by Gasteiger charge is 2.32. The number of hydrogen-bond donors (Lipinski definition) is 2. The molecule has 7 heteroatoms. The fourth-order valence-electron chi connectivity index (χ4n) is 2.08. The molecule has 0 saturated carbocycles. The Morgan fingerprint density at radius 2 is 2.15 bits per heavy atom. The first-order chi connectivity index (χ1) is 9.45. The molecule has 2 N–H and O–H groups in total. The number of carbonyl (C=O) groups excluding carboxylic acids is 2. The molecule has 0 bridgehead atoms. The number of aliphatic carboxylic acids is 1. The zero-order chi connectivity index (χ0) is 15.1. The lowest BCUT2D eigenvalue weighted by Gasteiger charge is -2.22.